The van der Waals surface area contributed by atoms with Crippen LogP contribution in [0.2, 0.25) is 0 Å². The van der Waals surface area contributed by atoms with Crippen LogP contribution in [0.3, 0.4) is 0 Å². The van der Waals surface area contributed by atoms with Gasteiger partial charge < -0.3 is 9.67 Å². The van der Waals surface area contributed by atoms with Crippen LogP contribution in [-0.4, -0.2) is 43.1 Å². The van der Waals surface area contributed by atoms with Gasteiger partial charge in [0, 0.05) is 17.7 Å². The summed E-state index contributed by atoms with van der Waals surface area (Å²) in [6, 6.07) is 0.403. The summed E-state index contributed by atoms with van der Waals surface area (Å²) in [6.07, 6.45) is 7.85. The molecule has 2 atom stereocenters. The molecule has 1 aromatic rings. The number of aliphatic carboxylic acids is 1. The number of rotatable bonds is 6. The molecular formula is C13H21N3O2S2. The van der Waals surface area contributed by atoms with Crippen LogP contribution in [-0.2, 0) is 11.2 Å². The summed E-state index contributed by atoms with van der Waals surface area (Å²) in [5.74, 6) is 0.204. The summed E-state index contributed by atoms with van der Waals surface area (Å²) in [5, 5.41) is 18.6. The first-order valence-corrected chi connectivity index (χ1v) is 9.25. The Bertz CT molecular complexity index is 464. The number of hydrogen-bond donors (Lipinski definition) is 1. The molecule has 5 nitrogen and oxygen atoms in total. The van der Waals surface area contributed by atoms with Gasteiger partial charge in [-0.3, -0.25) is 4.79 Å². The number of carboxylic acids is 1. The average molecular weight is 315 g/mol. The minimum atomic E-state index is -0.812. The SMILES string of the molecule is CCc1nnc(SCC(=O)O)n1C1CCCCC1SC. The van der Waals surface area contributed by atoms with Crippen molar-refractivity contribution in [3.05, 3.63) is 5.82 Å². The zero-order chi connectivity index (χ0) is 14.5. The summed E-state index contributed by atoms with van der Waals surface area (Å²) in [7, 11) is 0. The maximum absolute atomic E-state index is 10.8. The molecule has 1 fully saturated rings. The lowest BCUT2D eigenvalue weighted by Crippen LogP contribution is -2.27. The Hall–Kier alpha value is -0.690. The first-order valence-electron chi connectivity index (χ1n) is 6.98. The van der Waals surface area contributed by atoms with E-state index < -0.39 is 5.97 Å². The molecule has 1 aliphatic carbocycles. The molecule has 20 heavy (non-hydrogen) atoms. The molecule has 1 saturated carbocycles. The standard InChI is InChI=1S/C13H21N3O2S2/c1-3-11-14-15-13(20-8-12(17)18)16(11)9-6-4-5-7-10(9)19-2/h9-10H,3-8H2,1-2H3,(H,17,18). The second-order valence-corrected chi connectivity index (χ2v) is 6.95. The number of carboxylic acid groups (broad SMARTS) is 1. The van der Waals surface area contributed by atoms with E-state index in [0.717, 1.165) is 23.8 Å². The third-order valence-corrected chi connectivity index (χ3v) is 5.76. The predicted molar refractivity (Wildman–Crippen MR) is 82.6 cm³/mol. The molecular weight excluding hydrogens is 294 g/mol. The van der Waals surface area contributed by atoms with Gasteiger partial charge in [0.05, 0.1) is 5.75 Å². The molecule has 1 heterocycles. The first-order chi connectivity index (χ1) is 9.67. The lowest BCUT2D eigenvalue weighted by atomic mass is 9.94. The van der Waals surface area contributed by atoms with E-state index in [0.29, 0.717) is 11.3 Å². The van der Waals surface area contributed by atoms with Crippen molar-refractivity contribution in [1.82, 2.24) is 14.8 Å². The van der Waals surface area contributed by atoms with Crippen molar-refractivity contribution in [2.75, 3.05) is 12.0 Å². The topological polar surface area (TPSA) is 68.0 Å². The van der Waals surface area contributed by atoms with E-state index >= 15 is 0 Å². The summed E-state index contributed by atoms with van der Waals surface area (Å²) in [6.45, 7) is 2.07. The predicted octanol–water partition coefficient (Wildman–Crippen LogP) is 2.86. The van der Waals surface area contributed by atoms with Crippen LogP contribution in [0.4, 0.5) is 0 Å². The minimum Gasteiger partial charge on any atom is -0.481 e. The highest BCUT2D eigenvalue weighted by molar-refractivity contribution is 7.99. The fourth-order valence-corrected chi connectivity index (χ4v) is 4.46. The summed E-state index contributed by atoms with van der Waals surface area (Å²) in [5.41, 5.74) is 0. The van der Waals surface area contributed by atoms with Crippen LogP contribution < -0.4 is 0 Å². The lowest BCUT2D eigenvalue weighted by molar-refractivity contribution is -0.133. The molecule has 0 aliphatic heterocycles. The fourth-order valence-electron chi connectivity index (χ4n) is 2.75. The van der Waals surface area contributed by atoms with Gasteiger partial charge in [-0.2, -0.15) is 11.8 Å². The number of aromatic nitrogens is 3. The van der Waals surface area contributed by atoms with Gasteiger partial charge in [0.25, 0.3) is 0 Å². The second-order valence-electron chi connectivity index (χ2n) is 4.93. The van der Waals surface area contributed by atoms with Gasteiger partial charge in [-0.05, 0) is 19.1 Å². The third-order valence-electron chi connectivity index (χ3n) is 3.68. The third kappa shape index (κ3) is 3.49. The van der Waals surface area contributed by atoms with Gasteiger partial charge in [0.2, 0.25) is 0 Å². The van der Waals surface area contributed by atoms with E-state index in [4.69, 9.17) is 5.11 Å². The van der Waals surface area contributed by atoms with Crippen molar-refractivity contribution in [3.63, 3.8) is 0 Å². The van der Waals surface area contributed by atoms with Gasteiger partial charge in [-0.1, -0.05) is 31.5 Å². The molecule has 0 saturated heterocycles. The number of hydrogen-bond acceptors (Lipinski definition) is 5. The fraction of sp³-hybridized carbons (Fsp3) is 0.769. The van der Waals surface area contributed by atoms with Gasteiger partial charge in [0.1, 0.15) is 5.82 Å². The van der Waals surface area contributed by atoms with E-state index in [1.807, 2.05) is 11.8 Å². The Morgan fingerprint density at radius 2 is 2.15 bits per heavy atom. The second kappa shape index (κ2) is 7.36. The molecule has 0 amide bonds. The molecule has 7 heteroatoms. The molecule has 112 valence electrons. The van der Waals surface area contributed by atoms with E-state index in [1.54, 1.807) is 0 Å². The normalized spacial score (nSPS) is 22.9. The van der Waals surface area contributed by atoms with Crippen molar-refractivity contribution in [2.45, 2.75) is 55.5 Å². The van der Waals surface area contributed by atoms with Crippen LogP contribution in [0.25, 0.3) is 0 Å². The van der Waals surface area contributed by atoms with E-state index in [1.165, 1.54) is 31.0 Å². The van der Waals surface area contributed by atoms with E-state index in [9.17, 15) is 4.79 Å². The Morgan fingerprint density at radius 1 is 1.40 bits per heavy atom. The maximum atomic E-state index is 10.8. The van der Waals surface area contributed by atoms with E-state index in [-0.39, 0.29) is 5.75 Å². The molecule has 2 rings (SSSR count). The Morgan fingerprint density at radius 3 is 2.80 bits per heavy atom. The highest BCUT2D eigenvalue weighted by Gasteiger charge is 2.29. The molecule has 1 aromatic heterocycles. The lowest BCUT2D eigenvalue weighted by Gasteiger charge is -2.32. The number of aryl methyl sites for hydroxylation is 1. The molecule has 2 unspecified atom stereocenters. The van der Waals surface area contributed by atoms with Crippen molar-refractivity contribution < 1.29 is 9.90 Å². The van der Waals surface area contributed by atoms with Crippen molar-refractivity contribution in [1.29, 1.82) is 0 Å². The zero-order valence-corrected chi connectivity index (χ0v) is 13.5. The number of carbonyl (C=O) groups is 1. The van der Waals surface area contributed by atoms with Crippen molar-refractivity contribution >= 4 is 29.5 Å². The summed E-state index contributed by atoms with van der Waals surface area (Å²) in [4.78, 5) is 10.8. The quantitative estimate of drug-likeness (QED) is 0.814. The van der Waals surface area contributed by atoms with Crippen LogP contribution in [0, 0.1) is 0 Å². The van der Waals surface area contributed by atoms with Crippen molar-refractivity contribution in [2.24, 2.45) is 0 Å². The highest BCUT2D eigenvalue weighted by Crippen LogP contribution is 2.38. The minimum absolute atomic E-state index is 0.0402. The zero-order valence-electron chi connectivity index (χ0n) is 11.9. The smallest absolute Gasteiger partial charge is 0.313 e. The molecule has 1 aliphatic rings. The van der Waals surface area contributed by atoms with Crippen LogP contribution in [0.5, 0.6) is 0 Å². The monoisotopic (exact) mass is 315 g/mol. The Balaban J connectivity index is 2.26. The number of thioether (sulfide) groups is 2. The van der Waals surface area contributed by atoms with Crippen LogP contribution in [0.1, 0.15) is 44.5 Å². The summed E-state index contributed by atoms with van der Waals surface area (Å²) >= 11 is 3.18. The number of nitrogens with zero attached hydrogens (tertiary/aromatic N) is 3. The van der Waals surface area contributed by atoms with E-state index in [2.05, 4.69) is 27.9 Å². The maximum Gasteiger partial charge on any atom is 0.313 e. The molecule has 0 spiro atoms. The van der Waals surface area contributed by atoms with Crippen LogP contribution >= 0.6 is 23.5 Å². The summed E-state index contributed by atoms with van der Waals surface area (Å²) < 4.78 is 2.20. The van der Waals surface area contributed by atoms with Gasteiger partial charge in [0.15, 0.2) is 5.16 Å². The Labute approximate surface area is 127 Å². The van der Waals surface area contributed by atoms with Crippen molar-refractivity contribution in [3.8, 4) is 0 Å². The highest BCUT2D eigenvalue weighted by atomic mass is 32.2. The molecule has 1 N–H and O–H groups in total. The van der Waals surface area contributed by atoms with Crippen LogP contribution in [0.15, 0.2) is 5.16 Å². The average Bonchev–Trinajstić information content (AvgIpc) is 2.87. The molecule has 0 aromatic carbocycles. The molecule has 0 radical (unpaired) electrons. The van der Waals surface area contributed by atoms with Gasteiger partial charge in [-0.25, -0.2) is 0 Å². The van der Waals surface area contributed by atoms with Gasteiger partial charge >= 0.3 is 5.97 Å². The molecule has 0 bridgehead atoms. The largest absolute Gasteiger partial charge is 0.481 e. The Kier molecular flexibility index (Phi) is 5.77. The van der Waals surface area contributed by atoms with Gasteiger partial charge in [-0.15, -0.1) is 10.2 Å². The first kappa shape index (κ1) is 15.7.